The number of fused-ring (bicyclic) bond motifs is 5. The molecule has 2 bridgehead atoms. The highest BCUT2D eigenvalue weighted by Crippen LogP contribution is 2.33. The molecule has 1 unspecified atom stereocenters. The van der Waals surface area contributed by atoms with Crippen LogP contribution in [0.3, 0.4) is 0 Å². The summed E-state index contributed by atoms with van der Waals surface area (Å²) in [6, 6.07) is 11.5. The van der Waals surface area contributed by atoms with E-state index in [9.17, 15) is 4.79 Å². The second-order valence-corrected chi connectivity index (χ2v) is 6.91. The number of anilines is 1. The van der Waals surface area contributed by atoms with Crippen LogP contribution < -0.4 is 5.32 Å². The summed E-state index contributed by atoms with van der Waals surface area (Å²) in [5.41, 5.74) is 5.20. The Morgan fingerprint density at radius 1 is 1.17 bits per heavy atom. The van der Waals surface area contributed by atoms with Crippen molar-refractivity contribution in [2.24, 2.45) is 10.9 Å². The average molecular weight is 392 g/mol. The molecule has 1 atom stereocenters. The van der Waals surface area contributed by atoms with Gasteiger partial charge < -0.3 is 10.1 Å². The summed E-state index contributed by atoms with van der Waals surface area (Å²) in [4.78, 5) is 22.2. The maximum atomic E-state index is 12.9. The lowest BCUT2D eigenvalue weighted by Gasteiger charge is -2.28. The number of amides is 1. The number of nitrogens with zero attached hydrogens (tertiary/aromatic N) is 2. The molecule has 5 nitrogen and oxygen atoms in total. The predicted molar refractivity (Wildman–Crippen MR) is 118 cm³/mol. The molecule has 0 saturated heterocycles. The molecule has 0 aliphatic carbocycles. The molecule has 0 fully saturated rings. The number of hydrogen-bond donors (Lipinski definition) is 1. The summed E-state index contributed by atoms with van der Waals surface area (Å²) in [5.74, 6) is 0.839. The van der Waals surface area contributed by atoms with E-state index in [1.165, 1.54) is 5.57 Å². The summed E-state index contributed by atoms with van der Waals surface area (Å²) in [5, 5.41) is 3.05. The third kappa shape index (κ3) is 4.24. The van der Waals surface area contributed by atoms with Crippen LogP contribution in [-0.2, 0) is 11.2 Å². The zero-order valence-corrected chi connectivity index (χ0v) is 17.7. The molecule has 5 heteroatoms. The van der Waals surface area contributed by atoms with E-state index in [1.807, 2.05) is 38.1 Å². The lowest BCUT2D eigenvalue weighted by molar-refractivity contribution is 0.102. The maximum Gasteiger partial charge on any atom is 0.257 e. The second kappa shape index (κ2) is 9.50. The standard InChI is InChI=1S/C22H23N3O2.C2H6/c1-3-11-27-19-13-24-20-14(2)17(19)12-15-7-4-5-9-18(15)25-22(26)16-8-6-10-23-21(16)20;1-2/h4-10,14H,3,11-13H2,1-2H3,(H,25,26);1-2H3. The van der Waals surface area contributed by atoms with Crippen LogP contribution in [0.25, 0.3) is 0 Å². The molecule has 0 saturated carbocycles. The SMILES string of the molecule is CC.CCCOC1=C2Cc3ccccc3NC(=O)c3cccnc3C(=NC1)C2C. The summed E-state index contributed by atoms with van der Waals surface area (Å²) < 4.78 is 6.05. The third-order valence-corrected chi connectivity index (χ3v) is 5.11. The molecule has 1 aromatic heterocycles. The minimum atomic E-state index is -0.152. The van der Waals surface area contributed by atoms with Gasteiger partial charge in [0, 0.05) is 17.8 Å². The minimum absolute atomic E-state index is 0.0400. The van der Waals surface area contributed by atoms with Gasteiger partial charge in [0.2, 0.25) is 0 Å². The lowest BCUT2D eigenvalue weighted by Crippen LogP contribution is -2.29. The van der Waals surface area contributed by atoms with Crippen molar-refractivity contribution in [3.05, 3.63) is 70.7 Å². The highest BCUT2D eigenvalue weighted by atomic mass is 16.5. The molecular formula is C24H29N3O2. The minimum Gasteiger partial charge on any atom is -0.496 e. The molecule has 0 radical (unpaired) electrons. The summed E-state index contributed by atoms with van der Waals surface area (Å²) in [7, 11) is 0. The average Bonchev–Trinajstić information content (AvgIpc) is 2.76. The fraction of sp³-hybridized carbons (Fsp3) is 0.375. The highest BCUT2D eigenvalue weighted by Gasteiger charge is 2.31. The van der Waals surface area contributed by atoms with E-state index in [2.05, 4.69) is 30.2 Å². The van der Waals surface area contributed by atoms with Gasteiger partial charge in [-0.25, -0.2) is 0 Å². The number of ether oxygens (including phenoxy) is 1. The molecule has 2 aliphatic heterocycles. The normalized spacial score (nSPS) is 17.7. The van der Waals surface area contributed by atoms with Crippen molar-refractivity contribution in [2.75, 3.05) is 18.5 Å². The van der Waals surface area contributed by atoms with E-state index in [0.717, 1.165) is 35.6 Å². The number of carbonyl (C=O) groups excluding carboxylic acids is 1. The number of benzene rings is 1. The number of hydrogen-bond acceptors (Lipinski definition) is 4. The molecule has 1 N–H and O–H groups in total. The van der Waals surface area contributed by atoms with Gasteiger partial charge in [-0.15, -0.1) is 0 Å². The monoisotopic (exact) mass is 391 g/mol. The number of dihydropyridines is 1. The van der Waals surface area contributed by atoms with Crippen molar-refractivity contribution < 1.29 is 9.53 Å². The van der Waals surface area contributed by atoms with Crippen molar-refractivity contribution >= 4 is 17.3 Å². The summed E-state index contributed by atoms with van der Waals surface area (Å²) in [6.45, 7) is 9.41. The molecule has 4 rings (SSSR count). The van der Waals surface area contributed by atoms with Crippen molar-refractivity contribution in [2.45, 2.75) is 40.5 Å². The van der Waals surface area contributed by atoms with Crippen LogP contribution in [0.2, 0.25) is 0 Å². The molecule has 2 aromatic rings. The number of para-hydroxylation sites is 1. The van der Waals surface area contributed by atoms with Gasteiger partial charge in [0.15, 0.2) is 0 Å². The van der Waals surface area contributed by atoms with Crippen LogP contribution in [0, 0.1) is 5.92 Å². The van der Waals surface area contributed by atoms with Gasteiger partial charge >= 0.3 is 0 Å². The zero-order chi connectivity index (χ0) is 20.8. The Morgan fingerprint density at radius 3 is 2.76 bits per heavy atom. The Hall–Kier alpha value is -2.95. The Labute approximate surface area is 172 Å². The Bertz CT molecular complexity index is 947. The van der Waals surface area contributed by atoms with Crippen molar-refractivity contribution in [3.8, 4) is 0 Å². The molecule has 1 amide bonds. The third-order valence-electron chi connectivity index (χ3n) is 5.11. The topological polar surface area (TPSA) is 63.6 Å². The van der Waals surface area contributed by atoms with Gasteiger partial charge in [-0.05, 0) is 42.2 Å². The Morgan fingerprint density at radius 2 is 1.97 bits per heavy atom. The van der Waals surface area contributed by atoms with Crippen LogP contribution in [0.15, 0.2) is 58.9 Å². The van der Waals surface area contributed by atoms with Crippen molar-refractivity contribution in [1.29, 1.82) is 0 Å². The first kappa shape index (κ1) is 20.8. The first-order chi connectivity index (χ1) is 14.2. The fourth-order valence-electron chi connectivity index (χ4n) is 3.68. The molecule has 0 spiro atoms. The van der Waals surface area contributed by atoms with Crippen LogP contribution in [0.5, 0.6) is 0 Å². The van der Waals surface area contributed by atoms with E-state index >= 15 is 0 Å². The van der Waals surface area contributed by atoms with Crippen LogP contribution in [-0.4, -0.2) is 29.8 Å². The maximum absolute atomic E-state index is 12.9. The van der Waals surface area contributed by atoms with Gasteiger partial charge in [0.1, 0.15) is 5.76 Å². The Kier molecular flexibility index (Phi) is 6.81. The predicted octanol–water partition coefficient (Wildman–Crippen LogP) is 5.04. The quantitative estimate of drug-likeness (QED) is 0.798. The fourth-order valence-corrected chi connectivity index (χ4v) is 3.68. The number of aliphatic imine (C=N–C) groups is 1. The van der Waals surface area contributed by atoms with Crippen LogP contribution in [0.4, 0.5) is 5.69 Å². The zero-order valence-electron chi connectivity index (χ0n) is 17.7. The molecule has 29 heavy (non-hydrogen) atoms. The second-order valence-electron chi connectivity index (χ2n) is 6.91. The lowest BCUT2D eigenvalue weighted by atomic mass is 9.84. The first-order valence-corrected chi connectivity index (χ1v) is 10.4. The highest BCUT2D eigenvalue weighted by molar-refractivity contribution is 6.15. The molecule has 1 aromatic carbocycles. The van der Waals surface area contributed by atoms with Gasteiger partial charge in [0.25, 0.3) is 5.91 Å². The smallest absolute Gasteiger partial charge is 0.257 e. The van der Waals surface area contributed by atoms with E-state index in [1.54, 1.807) is 12.3 Å². The number of pyridine rings is 1. The van der Waals surface area contributed by atoms with Gasteiger partial charge in [0.05, 0.1) is 30.1 Å². The van der Waals surface area contributed by atoms with Crippen LogP contribution >= 0.6 is 0 Å². The number of rotatable bonds is 3. The number of carbonyl (C=O) groups is 1. The van der Waals surface area contributed by atoms with E-state index in [0.29, 0.717) is 24.4 Å². The first-order valence-electron chi connectivity index (χ1n) is 10.4. The number of nitrogens with one attached hydrogen (secondary N) is 1. The van der Waals surface area contributed by atoms with Gasteiger partial charge in [-0.2, -0.15) is 0 Å². The summed E-state index contributed by atoms with van der Waals surface area (Å²) in [6.07, 6.45) is 3.39. The molecule has 152 valence electrons. The van der Waals surface area contributed by atoms with Gasteiger partial charge in [-0.3, -0.25) is 14.8 Å². The summed E-state index contributed by atoms with van der Waals surface area (Å²) >= 11 is 0. The number of allylic oxidation sites excluding steroid dienone is 1. The molecule has 3 heterocycles. The molecular weight excluding hydrogens is 362 g/mol. The Balaban J connectivity index is 0.00000117. The van der Waals surface area contributed by atoms with E-state index in [-0.39, 0.29) is 11.8 Å². The van der Waals surface area contributed by atoms with E-state index < -0.39 is 0 Å². The number of aromatic nitrogens is 1. The van der Waals surface area contributed by atoms with Crippen molar-refractivity contribution in [1.82, 2.24) is 4.98 Å². The van der Waals surface area contributed by atoms with E-state index in [4.69, 9.17) is 9.73 Å². The molecule has 2 aliphatic rings. The van der Waals surface area contributed by atoms with Crippen molar-refractivity contribution in [3.63, 3.8) is 0 Å². The largest absolute Gasteiger partial charge is 0.496 e. The van der Waals surface area contributed by atoms with Gasteiger partial charge in [-0.1, -0.05) is 45.9 Å². The van der Waals surface area contributed by atoms with Crippen LogP contribution in [0.1, 0.15) is 55.7 Å².